The van der Waals surface area contributed by atoms with E-state index in [2.05, 4.69) is 35.6 Å². The monoisotopic (exact) mass is 234 g/mol. The third-order valence-corrected chi connectivity index (χ3v) is 4.45. The summed E-state index contributed by atoms with van der Waals surface area (Å²) in [5.74, 6) is 0. The third kappa shape index (κ3) is 3.34. The molecule has 0 saturated heterocycles. The highest BCUT2D eigenvalue weighted by Crippen LogP contribution is 2.18. The van der Waals surface area contributed by atoms with Crippen LogP contribution in [-0.2, 0) is 4.79 Å². The van der Waals surface area contributed by atoms with Gasteiger partial charge in [0.2, 0.25) is 0 Å². The third-order valence-electron chi connectivity index (χ3n) is 1.32. The van der Waals surface area contributed by atoms with Crippen molar-refractivity contribution in [2.75, 3.05) is 0 Å². The van der Waals surface area contributed by atoms with E-state index in [1.165, 1.54) is 0 Å². The molecular weight excluding hydrogens is 220 g/mol. The summed E-state index contributed by atoms with van der Waals surface area (Å²) >= 11 is 3.31. The molecule has 3 heteroatoms. The Balaban J connectivity index is 4.67. The van der Waals surface area contributed by atoms with Gasteiger partial charge in [0.25, 0.3) is 0 Å². The first-order chi connectivity index (χ1) is 4.76. The second kappa shape index (κ2) is 3.67. The van der Waals surface area contributed by atoms with Crippen molar-refractivity contribution in [1.29, 1.82) is 0 Å². The van der Waals surface area contributed by atoms with Gasteiger partial charge in [-0.15, -0.1) is 0 Å². The predicted octanol–water partition coefficient (Wildman–Crippen LogP) is 3.12. The number of carbonyl (C=O) groups excluding carboxylic acids is 1. The number of carbonyl (C=O) groups is 1. The van der Waals surface area contributed by atoms with Gasteiger partial charge in [-0.2, -0.15) is 0 Å². The highest BCUT2D eigenvalue weighted by molar-refractivity contribution is 9.12. The fourth-order valence-electron chi connectivity index (χ4n) is 0.556. The lowest BCUT2D eigenvalue weighted by atomic mass is 10.3. The molecule has 0 saturated carbocycles. The maximum Gasteiger partial charge on any atom is 0.146 e. The summed E-state index contributed by atoms with van der Waals surface area (Å²) in [5, 5.41) is 0.303. The normalized spacial score (nSPS) is 11.1. The lowest BCUT2D eigenvalue weighted by molar-refractivity contribution is -0.108. The molecule has 0 aliphatic heterocycles. The van der Waals surface area contributed by atoms with Gasteiger partial charge >= 0.3 is 0 Å². The zero-order valence-corrected chi connectivity index (χ0v) is 10.4. The van der Waals surface area contributed by atoms with Crippen LogP contribution in [0.2, 0.25) is 19.6 Å². The zero-order valence-electron chi connectivity index (χ0n) is 7.79. The van der Waals surface area contributed by atoms with Crippen molar-refractivity contribution in [2.24, 2.45) is 0 Å². The largest absolute Gasteiger partial charge is 0.300 e. The molecule has 11 heavy (non-hydrogen) atoms. The van der Waals surface area contributed by atoms with E-state index >= 15 is 0 Å². The van der Waals surface area contributed by atoms with Gasteiger partial charge in [0.05, 0.1) is 4.48 Å². The average molecular weight is 235 g/mol. The molecule has 0 radical (unpaired) electrons. The lowest BCUT2D eigenvalue weighted by Gasteiger charge is -2.13. The highest BCUT2D eigenvalue weighted by Gasteiger charge is 2.26. The molecule has 0 aromatic rings. The topological polar surface area (TPSA) is 17.1 Å². The van der Waals surface area contributed by atoms with E-state index in [-0.39, 0.29) is 0 Å². The summed E-state index contributed by atoms with van der Waals surface area (Å²) in [6, 6.07) is 0. The van der Waals surface area contributed by atoms with Crippen molar-refractivity contribution in [3.8, 4) is 0 Å². The molecule has 0 aromatic heterocycles. The Hall–Kier alpha value is 0.107. The Morgan fingerprint density at radius 3 is 1.64 bits per heavy atom. The van der Waals surface area contributed by atoms with Crippen molar-refractivity contribution in [2.45, 2.75) is 33.5 Å². The number of halogens is 1. The smallest absolute Gasteiger partial charge is 0.146 e. The van der Waals surface area contributed by atoms with Crippen LogP contribution in [0.3, 0.4) is 0 Å². The van der Waals surface area contributed by atoms with Gasteiger partial charge in [-0.3, -0.25) is 4.79 Å². The molecule has 0 spiro atoms. The van der Waals surface area contributed by atoms with E-state index in [0.717, 1.165) is 10.1 Å². The molecule has 0 fully saturated rings. The van der Waals surface area contributed by atoms with Crippen LogP contribution in [0.15, 0.2) is 10.1 Å². The molecule has 0 unspecified atom stereocenters. The Bertz CT molecular complexity index is 197. The summed E-state index contributed by atoms with van der Waals surface area (Å²) in [7, 11) is -1.63. The SMILES string of the molecule is CC(C)=C(Br)C(=O)[Si](C)(C)C. The Morgan fingerprint density at radius 1 is 1.18 bits per heavy atom. The van der Waals surface area contributed by atoms with E-state index in [1.807, 2.05) is 13.8 Å². The van der Waals surface area contributed by atoms with Crippen LogP contribution < -0.4 is 0 Å². The molecule has 0 aromatic carbocycles. The fraction of sp³-hybridized carbons (Fsp3) is 0.625. The van der Waals surface area contributed by atoms with E-state index < -0.39 is 8.07 Å². The molecule has 0 N–H and O–H groups in total. The molecule has 0 atom stereocenters. The summed E-state index contributed by atoms with van der Waals surface area (Å²) in [4.78, 5) is 11.6. The second-order valence-electron chi connectivity index (χ2n) is 3.89. The first kappa shape index (κ1) is 11.1. The Morgan fingerprint density at radius 2 is 1.55 bits per heavy atom. The summed E-state index contributed by atoms with van der Waals surface area (Å²) < 4.78 is 0.775. The van der Waals surface area contributed by atoms with Gasteiger partial charge in [0.15, 0.2) is 0 Å². The van der Waals surface area contributed by atoms with Crippen LogP contribution in [0, 0.1) is 0 Å². The van der Waals surface area contributed by atoms with Crippen LogP contribution in [-0.4, -0.2) is 13.5 Å². The minimum absolute atomic E-state index is 0.303. The second-order valence-corrected chi connectivity index (χ2v) is 9.64. The summed E-state index contributed by atoms with van der Waals surface area (Å²) in [6.07, 6.45) is 0. The zero-order chi connectivity index (χ0) is 9.23. The van der Waals surface area contributed by atoms with E-state index in [1.54, 1.807) is 0 Å². The molecule has 1 nitrogen and oxygen atoms in total. The van der Waals surface area contributed by atoms with Crippen LogP contribution in [0.1, 0.15) is 13.8 Å². The molecule has 0 heterocycles. The van der Waals surface area contributed by atoms with Crippen molar-refractivity contribution in [1.82, 2.24) is 0 Å². The molecular formula is C8H15BrOSi. The van der Waals surface area contributed by atoms with Gasteiger partial charge in [0, 0.05) is 0 Å². The molecule has 0 aliphatic rings. The van der Waals surface area contributed by atoms with Gasteiger partial charge < -0.3 is 0 Å². The quantitative estimate of drug-likeness (QED) is 0.531. The highest BCUT2D eigenvalue weighted by atomic mass is 79.9. The number of rotatable bonds is 2. The maximum atomic E-state index is 11.6. The van der Waals surface area contributed by atoms with E-state index in [9.17, 15) is 4.79 Å². The lowest BCUT2D eigenvalue weighted by Crippen LogP contribution is -2.33. The van der Waals surface area contributed by atoms with Crippen molar-refractivity contribution in [3.05, 3.63) is 10.1 Å². The van der Waals surface area contributed by atoms with Crippen LogP contribution in [0.5, 0.6) is 0 Å². The minimum atomic E-state index is -1.63. The van der Waals surface area contributed by atoms with Crippen LogP contribution in [0.4, 0.5) is 0 Å². The summed E-state index contributed by atoms with van der Waals surface area (Å²) in [5.41, 5.74) is 1.07. The molecule has 0 amide bonds. The number of hydrogen-bond donors (Lipinski definition) is 0. The van der Waals surface area contributed by atoms with Gasteiger partial charge in [-0.05, 0) is 29.8 Å². The van der Waals surface area contributed by atoms with Crippen LogP contribution in [0.25, 0.3) is 0 Å². The molecule has 64 valence electrons. The van der Waals surface area contributed by atoms with Gasteiger partial charge in [-0.25, -0.2) is 0 Å². The fourth-order valence-corrected chi connectivity index (χ4v) is 3.25. The van der Waals surface area contributed by atoms with Crippen LogP contribution >= 0.6 is 15.9 Å². The standard InChI is InChI=1S/C8H15BrOSi/c1-6(2)7(9)8(10)11(3,4)5/h1-5H3. The van der Waals surface area contributed by atoms with Crippen molar-refractivity contribution in [3.63, 3.8) is 0 Å². The Kier molecular flexibility index (Phi) is 3.71. The van der Waals surface area contributed by atoms with E-state index in [0.29, 0.717) is 5.41 Å². The van der Waals surface area contributed by atoms with Crippen molar-refractivity contribution < 1.29 is 4.79 Å². The minimum Gasteiger partial charge on any atom is -0.300 e. The number of allylic oxidation sites excluding steroid dienone is 2. The van der Waals surface area contributed by atoms with E-state index in [4.69, 9.17) is 0 Å². The van der Waals surface area contributed by atoms with Gasteiger partial charge in [-0.1, -0.05) is 25.2 Å². The number of hydrogen-bond acceptors (Lipinski definition) is 1. The summed E-state index contributed by atoms with van der Waals surface area (Å²) in [6.45, 7) is 10.1. The first-order valence-corrected chi connectivity index (χ1v) is 7.94. The molecule has 0 rings (SSSR count). The average Bonchev–Trinajstić information content (AvgIpc) is 1.82. The molecule has 0 bridgehead atoms. The Labute approximate surface area is 78.0 Å². The maximum absolute atomic E-state index is 11.6. The molecule has 0 aliphatic carbocycles. The first-order valence-electron chi connectivity index (χ1n) is 3.64. The van der Waals surface area contributed by atoms with Crippen molar-refractivity contribution >= 4 is 29.4 Å². The predicted molar refractivity (Wildman–Crippen MR) is 55.7 cm³/mol. The van der Waals surface area contributed by atoms with Gasteiger partial charge in [0.1, 0.15) is 13.5 Å².